The van der Waals surface area contributed by atoms with Crippen molar-refractivity contribution >= 4 is 24.5 Å². The second kappa shape index (κ2) is 10.0. The summed E-state index contributed by atoms with van der Waals surface area (Å²) in [5, 5.41) is 12.7. The number of rotatable bonds is 9. The Labute approximate surface area is 165 Å². The molecule has 1 saturated carbocycles. The Morgan fingerprint density at radius 2 is 2.07 bits per heavy atom. The molecular weight excluding hydrogens is 361 g/mol. The van der Waals surface area contributed by atoms with Gasteiger partial charge in [0.05, 0.1) is 32.8 Å². The number of amides is 1. The normalized spacial score (nSPS) is 16.3. The van der Waals surface area contributed by atoms with Crippen LogP contribution in [-0.4, -0.2) is 50.4 Å². The Balaban J connectivity index is 1.31. The molecule has 1 aromatic carbocycles. The first-order chi connectivity index (χ1) is 13.6. The molecule has 2 N–H and O–H groups in total. The van der Waals surface area contributed by atoms with E-state index in [0.29, 0.717) is 43.3 Å². The number of carbonyl (C=O) groups is 2. The molecule has 8 heteroatoms. The minimum absolute atomic E-state index is 0.223. The zero-order valence-electron chi connectivity index (χ0n) is 16.4. The number of esters is 1. The monoisotopic (exact) mass is 389 g/mol. The van der Waals surface area contributed by atoms with Crippen molar-refractivity contribution in [3.05, 3.63) is 28.8 Å². The predicted octanol–water partition coefficient (Wildman–Crippen LogP) is 1.08. The maximum Gasteiger partial charge on any atom is 0.492 e. The summed E-state index contributed by atoms with van der Waals surface area (Å²) in [5.74, 6) is 0.0693. The van der Waals surface area contributed by atoms with Gasteiger partial charge in [0.1, 0.15) is 0 Å². The highest BCUT2D eigenvalue weighted by Gasteiger charge is 2.30. The molecule has 7 nitrogen and oxygen atoms in total. The van der Waals surface area contributed by atoms with Crippen LogP contribution >= 0.6 is 0 Å². The lowest BCUT2D eigenvalue weighted by atomic mass is 9.75. The topological polar surface area (TPSA) is 94.1 Å². The largest absolute Gasteiger partial charge is 0.492 e. The summed E-state index contributed by atoms with van der Waals surface area (Å²) in [6.45, 7) is 3.62. The third kappa shape index (κ3) is 5.34. The van der Waals surface area contributed by atoms with Crippen LogP contribution in [0.1, 0.15) is 53.6 Å². The first-order valence-corrected chi connectivity index (χ1v) is 10.00. The molecule has 0 unspecified atom stereocenters. The smallest absolute Gasteiger partial charge is 0.465 e. The zero-order valence-corrected chi connectivity index (χ0v) is 16.4. The number of nitrogens with one attached hydrogen (secondary N) is 1. The molecule has 0 atom stereocenters. The molecule has 152 valence electrons. The fraction of sp³-hybridized carbons (Fsp3) is 0.600. The van der Waals surface area contributed by atoms with Gasteiger partial charge in [-0.05, 0) is 48.3 Å². The summed E-state index contributed by atoms with van der Waals surface area (Å²) in [6.07, 6.45) is 4.99. The lowest BCUT2D eigenvalue weighted by Gasteiger charge is -2.12. The van der Waals surface area contributed by atoms with Crippen molar-refractivity contribution in [1.82, 2.24) is 5.32 Å². The van der Waals surface area contributed by atoms with Crippen LogP contribution < -0.4 is 10.8 Å². The van der Waals surface area contributed by atoms with Gasteiger partial charge in [-0.2, -0.15) is 0 Å². The van der Waals surface area contributed by atoms with Crippen molar-refractivity contribution in [2.24, 2.45) is 5.92 Å². The number of fused-ring (bicyclic) bond motifs is 1. The molecule has 1 amide bonds. The van der Waals surface area contributed by atoms with Crippen LogP contribution in [0.15, 0.2) is 12.1 Å². The second-order valence-electron chi connectivity index (χ2n) is 7.43. The van der Waals surface area contributed by atoms with Crippen molar-refractivity contribution in [3.8, 4) is 0 Å². The highest BCUT2D eigenvalue weighted by atomic mass is 16.5. The van der Waals surface area contributed by atoms with Gasteiger partial charge in [0.25, 0.3) is 5.91 Å². The van der Waals surface area contributed by atoms with Crippen LogP contribution in [0, 0.1) is 12.8 Å². The average molecular weight is 389 g/mol. The molecule has 0 saturated heterocycles. The third-order valence-corrected chi connectivity index (χ3v) is 5.43. The molecule has 0 spiro atoms. The molecule has 1 heterocycles. The molecule has 1 fully saturated rings. The van der Waals surface area contributed by atoms with E-state index in [1.807, 2.05) is 0 Å². The fourth-order valence-electron chi connectivity index (χ4n) is 3.80. The maximum atomic E-state index is 12.4. The number of hydrogen-bond acceptors (Lipinski definition) is 6. The number of ether oxygens (including phenoxy) is 2. The van der Waals surface area contributed by atoms with E-state index in [1.165, 1.54) is 12.8 Å². The first kappa shape index (κ1) is 20.8. The summed E-state index contributed by atoms with van der Waals surface area (Å²) >= 11 is 0. The van der Waals surface area contributed by atoms with Crippen molar-refractivity contribution in [3.63, 3.8) is 0 Å². The van der Waals surface area contributed by atoms with Crippen molar-refractivity contribution in [2.75, 3.05) is 26.4 Å². The maximum absolute atomic E-state index is 12.4. The van der Waals surface area contributed by atoms with E-state index in [2.05, 4.69) is 5.32 Å². The summed E-state index contributed by atoms with van der Waals surface area (Å²) in [4.78, 5) is 24.0. The van der Waals surface area contributed by atoms with Gasteiger partial charge in [0.15, 0.2) is 0 Å². The van der Waals surface area contributed by atoms with Crippen LogP contribution in [0.5, 0.6) is 0 Å². The van der Waals surface area contributed by atoms with Crippen LogP contribution in [0.4, 0.5) is 0 Å². The Bertz CT molecular complexity index is 704. The number of benzene rings is 1. The van der Waals surface area contributed by atoms with E-state index in [-0.39, 0.29) is 24.9 Å². The van der Waals surface area contributed by atoms with Gasteiger partial charge >= 0.3 is 13.1 Å². The molecule has 0 aromatic heterocycles. The molecule has 2 aliphatic rings. The van der Waals surface area contributed by atoms with E-state index >= 15 is 0 Å². The quantitative estimate of drug-likeness (QED) is 0.373. The van der Waals surface area contributed by atoms with Crippen LogP contribution in [0.25, 0.3) is 0 Å². The number of hydrogen-bond donors (Lipinski definition) is 2. The minimum Gasteiger partial charge on any atom is -0.465 e. The van der Waals surface area contributed by atoms with Gasteiger partial charge in [-0.15, -0.1) is 0 Å². The summed E-state index contributed by atoms with van der Waals surface area (Å²) in [6, 6.07) is 3.55. The minimum atomic E-state index is -0.973. The standard InChI is InChI=1S/C20H28BNO6/c1-14-17(7-6-16-13-28-21(25)19(14)16)20(24)22-9-11-26-10-8-18(23)27-12-15-4-2-3-5-15/h6-7,15,25H,2-5,8-13H2,1H3,(H,22,24). The second-order valence-corrected chi connectivity index (χ2v) is 7.43. The zero-order chi connectivity index (χ0) is 19.9. The SMILES string of the molecule is Cc1c(C(=O)NCCOCCC(=O)OCC2CCCC2)ccc2c1B(O)OC2. The predicted molar refractivity (Wildman–Crippen MR) is 104 cm³/mol. The molecule has 1 aliphatic heterocycles. The van der Waals surface area contributed by atoms with E-state index in [0.717, 1.165) is 24.0 Å². The first-order valence-electron chi connectivity index (χ1n) is 10.00. The van der Waals surface area contributed by atoms with Crippen LogP contribution in [-0.2, 0) is 25.5 Å². The molecule has 1 aliphatic carbocycles. The lowest BCUT2D eigenvalue weighted by Crippen LogP contribution is -2.34. The van der Waals surface area contributed by atoms with Gasteiger partial charge in [-0.25, -0.2) is 0 Å². The number of carbonyl (C=O) groups excluding carboxylic acids is 2. The Morgan fingerprint density at radius 1 is 1.29 bits per heavy atom. The van der Waals surface area contributed by atoms with E-state index in [1.54, 1.807) is 19.1 Å². The Hall–Kier alpha value is -1.90. The van der Waals surface area contributed by atoms with Crippen molar-refractivity contribution in [1.29, 1.82) is 0 Å². The van der Waals surface area contributed by atoms with Crippen LogP contribution in [0.3, 0.4) is 0 Å². The highest BCUT2D eigenvalue weighted by Crippen LogP contribution is 2.24. The molecule has 1 aromatic rings. The highest BCUT2D eigenvalue weighted by molar-refractivity contribution is 6.62. The third-order valence-electron chi connectivity index (χ3n) is 5.43. The van der Waals surface area contributed by atoms with Gasteiger partial charge in [0, 0.05) is 12.1 Å². The summed E-state index contributed by atoms with van der Waals surface area (Å²) < 4.78 is 15.9. The Morgan fingerprint density at radius 3 is 2.86 bits per heavy atom. The Kier molecular flexibility index (Phi) is 7.47. The molecule has 28 heavy (non-hydrogen) atoms. The molecule has 0 radical (unpaired) electrons. The molecule has 0 bridgehead atoms. The van der Waals surface area contributed by atoms with Gasteiger partial charge < -0.3 is 24.5 Å². The van der Waals surface area contributed by atoms with Crippen LogP contribution in [0.2, 0.25) is 0 Å². The molecule has 3 rings (SSSR count). The van der Waals surface area contributed by atoms with Crippen molar-refractivity contribution < 1.29 is 28.7 Å². The van der Waals surface area contributed by atoms with E-state index in [4.69, 9.17) is 14.1 Å². The van der Waals surface area contributed by atoms with E-state index in [9.17, 15) is 14.6 Å². The lowest BCUT2D eigenvalue weighted by molar-refractivity contribution is -0.146. The fourth-order valence-corrected chi connectivity index (χ4v) is 3.80. The average Bonchev–Trinajstić information content (AvgIpc) is 3.33. The van der Waals surface area contributed by atoms with Gasteiger partial charge in [0.2, 0.25) is 0 Å². The van der Waals surface area contributed by atoms with Gasteiger partial charge in [-0.1, -0.05) is 18.9 Å². The summed E-state index contributed by atoms with van der Waals surface area (Å²) in [5.41, 5.74) is 2.83. The molecular formula is C20H28BNO6. The van der Waals surface area contributed by atoms with Crippen molar-refractivity contribution in [2.45, 2.75) is 45.6 Å². The van der Waals surface area contributed by atoms with Gasteiger partial charge in [-0.3, -0.25) is 9.59 Å². The van der Waals surface area contributed by atoms with E-state index < -0.39 is 7.12 Å². The summed E-state index contributed by atoms with van der Waals surface area (Å²) in [7, 11) is -0.973.